The van der Waals surface area contributed by atoms with Gasteiger partial charge < -0.3 is 14.8 Å². The Morgan fingerprint density at radius 3 is 2.63 bits per heavy atom. The lowest BCUT2D eigenvalue weighted by molar-refractivity contribution is -0.122. The quantitative estimate of drug-likeness (QED) is 0.680. The van der Waals surface area contributed by atoms with Crippen molar-refractivity contribution in [1.29, 1.82) is 0 Å². The number of anilines is 1. The molecule has 1 amide bonds. The van der Waals surface area contributed by atoms with Crippen molar-refractivity contribution in [3.63, 3.8) is 0 Å². The molecule has 2 fully saturated rings. The summed E-state index contributed by atoms with van der Waals surface area (Å²) in [6.07, 6.45) is 8.33. The van der Waals surface area contributed by atoms with E-state index in [1.165, 1.54) is 12.8 Å². The Labute approximate surface area is 181 Å². The third kappa shape index (κ3) is 3.90. The highest BCUT2D eigenvalue weighted by Gasteiger charge is 2.23. The number of hydrogen-bond donors (Lipinski definition) is 1. The highest BCUT2D eigenvalue weighted by atomic mass is 32.2. The van der Waals surface area contributed by atoms with E-state index in [-0.39, 0.29) is 5.91 Å². The van der Waals surface area contributed by atoms with Gasteiger partial charge in [-0.25, -0.2) is 9.97 Å². The van der Waals surface area contributed by atoms with Gasteiger partial charge in [0.2, 0.25) is 5.91 Å². The Bertz CT molecular complexity index is 1020. The summed E-state index contributed by atoms with van der Waals surface area (Å²) in [6, 6.07) is 10.6. The fraction of sp³-hybridized carbons (Fsp3) is 0.435. The summed E-state index contributed by atoms with van der Waals surface area (Å²) in [4.78, 5) is 24.5. The van der Waals surface area contributed by atoms with Crippen molar-refractivity contribution in [2.45, 2.75) is 38.3 Å². The monoisotopic (exact) mass is 421 g/mol. The maximum absolute atomic E-state index is 12.9. The molecule has 1 aliphatic carbocycles. The third-order valence-corrected chi connectivity index (χ3v) is 7.00. The van der Waals surface area contributed by atoms with E-state index in [1.807, 2.05) is 30.0 Å². The Balaban J connectivity index is 1.55. The van der Waals surface area contributed by atoms with E-state index >= 15 is 0 Å². The second-order valence-corrected chi connectivity index (χ2v) is 9.30. The van der Waals surface area contributed by atoms with Crippen LogP contribution in [0.2, 0.25) is 0 Å². The molecule has 156 valence electrons. The molecule has 3 aromatic rings. The number of aromatic nitrogens is 3. The minimum absolute atomic E-state index is 0.0717. The van der Waals surface area contributed by atoms with Crippen molar-refractivity contribution in [2.24, 2.45) is 0 Å². The minimum atomic E-state index is 0.0717. The lowest BCUT2D eigenvalue weighted by Crippen LogP contribution is -2.35. The number of carbonyl (C=O) groups is 1. The molecule has 0 radical (unpaired) electrons. The SMILES string of the molecule is O=C(Cn1cc(-c2ccccc2)c2ncnc(N3CCSCC3)c21)NC1CCCC1. The van der Waals surface area contributed by atoms with Crippen molar-refractivity contribution >= 4 is 34.5 Å². The first kappa shape index (κ1) is 19.4. The molecule has 2 aromatic heterocycles. The van der Waals surface area contributed by atoms with Gasteiger partial charge in [-0.05, 0) is 18.4 Å². The molecule has 0 atom stereocenters. The Kier molecular flexibility index (Phi) is 5.62. The number of fused-ring (bicyclic) bond motifs is 1. The Hall–Kier alpha value is -2.54. The summed E-state index contributed by atoms with van der Waals surface area (Å²) in [5.74, 6) is 3.21. The van der Waals surface area contributed by atoms with E-state index in [1.54, 1.807) is 6.33 Å². The fourth-order valence-electron chi connectivity index (χ4n) is 4.57. The first-order chi connectivity index (χ1) is 14.8. The zero-order valence-electron chi connectivity index (χ0n) is 17.1. The van der Waals surface area contributed by atoms with Crippen LogP contribution in [0.25, 0.3) is 22.2 Å². The van der Waals surface area contributed by atoms with Crippen molar-refractivity contribution in [2.75, 3.05) is 29.5 Å². The van der Waals surface area contributed by atoms with Crippen LogP contribution in [0.3, 0.4) is 0 Å². The first-order valence-corrected chi connectivity index (χ1v) is 12.0. The van der Waals surface area contributed by atoms with Gasteiger partial charge in [-0.2, -0.15) is 11.8 Å². The predicted molar refractivity (Wildman–Crippen MR) is 123 cm³/mol. The molecule has 1 aromatic carbocycles. The molecule has 0 bridgehead atoms. The summed E-state index contributed by atoms with van der Waals surface area (Å²) in [7, 11) is 0. The van der Waals surface area contributed by atoms with Crippen molar-refractivity contribution in [1.82, 2.24) is 19.9 Å². The largest absolute Gasteiger partial charge is 0.353 e. The van der Waals surface area contributed by atoms with Gasteiger partial charge in [0.15, 0.2) is 5.82 Å². The van der Waals surface area contributed by atoms with Gasteiger partial charge in [-0.1, -0.05) is 43.2 Å². The van der Waals surface area contributed by atoms with Crippen LogP contribution in [0.15, 0.2) is 42.9 Å². The number of amides is 1. The number of nitrogens with one attached hydrogen (secondary N) is 1. The maximum Gasteiger partial charge on any atom is 0.240 e. The normalized spacial score (nSPS) is 17.5. The average Bonchev–Trinajstić information content (AvgIpc) is 3.43. The van der Waals surface area contributed by atoms with Crippen LogP contribution in [0.1, 0.15) is 25.7 Å². The van der Waals surface area contributed by atoms with E-state index in [2.05, 4.69) is 43.1 Å². The molecule has 6 nitrogen and oxygen atoms in total. The third-order valence-electron chi connectivity index (χ3n) is 6.06. The summed E-state index contributed by atoms with van der Waals surface area (Å²) in [5.41, 5.74) is 4.04. The van der Waals surface area contributed by atoms with Gasteiger partial charge in [-0.15, -0.1) is 0 Å². The molecule has 0 unspecified atom stereocenters. The first-order valence-electron chi connectivity index (χ1n) is 10.8. The second-order valence-electron chi connectivity index (χ2n) is 8.08. The molecule has 2 aliphatic rings. The number of benzene rings is 1. The lowest BCUT2D eigenvalue weighted by Gasteiger charge is -2.28. The van der Waals surface area contributed by atoms with Gasteiger partial charge in [0.1, 0.15) is 23.9 Å². The van der Waals surface area contributed by atoms with Crippen LogP contribution in [0, 0.1) is 0 Å². The number of nitrogens with zero attached hydrogens (tertiary/aromatic N) is 4. The highest BCUT2D eigenvalue weighted by Crippen LogP contribution is 2.34. The minimum Gasteiger partial charge on any atom is -0.353 e. The second kappa shape index (κ2) is 8.68. The van der Waals surface area contributed by atoms with Crippen LogP contribution < -0.4 is 10.2 Å². The van der Waals surface area contributed by atoms with Crippen molar-refractivity contribution in [3.05, 3.63) is 42.9 Å². The van der Waals surface area contributed by atoms with Gasteiger partial charge in [-0.3, -0.25) is 4.79 Å². The topological polar surface area (TPSA) is 63.1 Å². The summed E-state index contributed by atoms with van der Waals surface area (Å²) in [5, 5.41) is 3.22. The summed E-state index contributed by atoms with van der Waals surface area (Å²) < 4.78 is 2.05. The standard InChI is InChI=1S/C23H27N5OS/c29-20(26-18-8-4-5-9-18)15-28-14-19(17-6-2-1-3-7-17)21-22(28)23(25-16-24-21)27-10-12-30-13-11-27/h1-3,6-7,14,16,18H,4-5,8-13,15H2,(H,26,29). The summed E-state index contributed by atoms with van der Waals surface area (Å²) >= 11 is 1.98. The van der Waals surface area contributed by atoms with E-state index in [0.717, 1.165) is 65.4 Å². The van der Waals surface area contributed by atoms with Gasteiger partial charge in [0.25, 0.3) is 0 Å². The van der Waals surface area contributed by atoms with Crippen molar-refractivity contribution < 1.29 is 4.79 Å². The van der Waals surface area contributed by atoms with E-state index in [4.69, 9.17) is 0 Å². The molecule has 1 N–H and O–H groups in total. The molecule has 1 saturated carbocycles. The highest BCUT2D eigenvalue weighted by molar-refractivity contribution is 7.99. The van der Waals surface area contributed by atoms with Crippen LogP contribution >= 0.6 is 11.8 Å². The maximum atomic E-state index is 12.9. The number of thioether (sulfide) groups is 1. The average molecular weight is 422 g/mol. The Morgan fingerprint density at radius 1 is 1.10 bits per heavy atom. The number of carbonyl (C=O) groups excluding carboxylic acids is 1. The van der Waals surface area contributed by atoms with Crippen LogP contribution in [0.4, 0.5) is 5.82 Å². The number of hydrogen-bond acceptors (Lipinski definition) is 5. The number of rotatable bonds is 5. The predicted octanol–water partition coefficient (Wildman–Crippen LogP) is 3.71. The Morgan fingerprint density at radius 2 is 1.87 bits per heavy atom. The van der Waals surface area contributed by atoms with Crippen LogP contribution in [-0.4, -0.2) is 51.1 Å². The van der Waals surface area contributed by atoms with Gasteiger partial charge >= 0.3 is 0 Å². The molecular formula is C23H27N5OS. The molecule has 3 heterocycles. The molecule has 7 heteroatoms. The molecule has 30 heavy (non-hydrogen) atoms. The lowest BCUT2D eigenvalue weighted by atomic mass is 10.1. The zero-order chi connectivity index (χ0) is 20.3. The van der Waals surface area contributed by atoms with Gasteiger partial charge in [0, 0.05) is 42.4 Å². The molecule has 1 saturated heterocycles. The molecule has 0 spiro atoms. The molecular weight excluding hydrogens is 394 g/mol. The molecule has 5 rings (SSSR count). The molecule has 1 aliphatic heterocycles. The van der Waals surface area contributed by atoms with Crippen LogP contribution in [0.5, 0.6) is 0 Å². The van der Waals surface area contributed by atoms with E-state index in [0.29, 0.717) is 12.6 Å². The zero-order valence-corrected chi connectivity index (χ0v) is 17.9. The van der Waals surface area contributed by atoms with Crippen molar-refractivity contribution in [3.8, 4) is 11.1 Å². The van der Waals surface area contributed by atoms with Gasteiger partial charge in [0.05, 0.1) is 0 Å². The van der Waals surface area contributed by atoms with E-state index < -0.39 is 0 Å². The smallest absolute Gasteiger partial charge is 0.240 e. The fourth-order valence-corrected chi connectivity index (χ4v) is 5.47. The van der Waals surface area contributed by atoms with Crippen LogP contribution in [-0.2, 0) is 11.3 Å². The summed E-state index contributed by atoms with van der Waals surface area (Å²) in [6.45, 7) is 2.23. The van der Waals surface area contributed by atoms with E-state index in [9.17, 15) is 4.79 Å².